The number of amides is 1. The van der Waals surface area contributed by atoms with Crippen LogP contribution in [0.25, 0.3) is 0 Å². The van der Waals surface area contributed by atoms with E-state index in [1.54, 1.807) is 0 Å². The van der Waals surface area contributed by atoms with Gasteiger partial charge in [-0.2, -0.15) is 0 Å². The number of nitrogens with one attached hydrogen (secondary N) is 1. The first-order valence-corrected chi connectivity index (χ1v) is 7.73. The van der Waals surface area contributed by atoms with Crippen molar-refractivity contribution in [2.45, 2.75) is 70.3 Å². The van der Waals surface area contributed by atoms with Crippen LogP contribution in [0.5, 0.6) is 0 Å². The summed E-state index contributed by atoms with van der Waals surface area (Å²) in [5.41, 5.74) is 0. The average molecular weight is 253 g/mol. The van der Waals surface area contributed by atoms with Crippen LogP contribution in [0.2, 0.25) is 0 Å². The third-order valence-corrected chi connectivity index (χ3v) is 4.29. The molecular weight excluding hydrogens is 226 g/mol. The van der Waals surface area contributed by atoms with Crippen molar-refractivity contribution < 1.29 is 9.53 Å². The smallest absolute Gasteiger partial charge is 0.220 e. The maximum atomic E-state index is 11.7. The molecule has 0 unspecified atom stereocenters. The maximum Gasteiger partial charge on any atom is 0.220 e. The number of rotatable bonds is 6. The van der Waals surface area contributed by atoms with Gasteiger partial charge in [0.2, 0.25) is 5.91 Å². The van der Waals surface area contributed by atoms with Gasteiger partial charge in [0, 0.05) is 19.6 Å². The lowest BCUT2D eigenvalue weighted by Crippen LogP contribution is -2.31. The molecule has 0 spiro atoms. The second kappa shape index (κ2) is 7.78. The van der Waals surface area contributed by atoms with Crippen LogP contribution in [0.1, 0.15) is 64.2 Å². The Kier molecular flexibility index (Phi) is 5.98. The van der Waals surface area contributed by atoms with E-state index in [-0.39, 0.29) is 12.0 Å². The molecule has 1 heterocycles. The van der Waals surface area contributed by atoms with Crippen LogP contribution in [0, 0.1) is 5.92 Å². The monoisotopic (exact) mass is 253 g/mol. The van der Waals surface area contributed by atoms with Crippen molar-refractivity contribution in [2.75, 3.05) is 13.2 Å². The lowest BCUT2D eigenvalue weighted by Gasteiger charge is -2.21. The normalized spacial score (nSPS) is 25.2. The van der Waals surface area contributed by atoms with Crippen molar-refractivity contribution in [3.05, 3.63) is 0 Å². The van der Waals surface area contributed by atoms with E-state index < -0.39 is 0 Å². The molecule has 0 radical (unpaired) electrons. The first kappa shape index (κ1) is 13.9. The molecule has 0 aromatic rings. The first-order chi connectivity index (χ1) is 8.84. The molecule has 2 aliphatic rings. The van der Waals surface area contributed by atoms with Gasteiger partial charge in [0.15, 0.2) is 0 Å². The molecule has 0 aromatic carbocycles. The quantitative estimate of drug-likeness (QED) is 0.790. The number of hydrogen-bond acceptors (Lipinski definition) is 2. The van der Waals surface area contributed by atoms with Crippen LogP contribution in [-0.4, -0.2) is 25.2 Å². The van der Waals surface area contributed by atoms with Gasteiger partial charge < -0.3 is 10.1 Å². The van der Waals surface area contributed by atoms with E-state index in [2.05, 4.69) is 5.32 Å². The highest BCUT2D eigenvalue weighted by Crippen LogP contribution is 2.27. The van der Waals surface area contributed by atoms with Crippen LogP contribution in [0.3, 0.4) is 0 Å². The Hall–Kier alpha value is -0.570. The van der Waals surface area contributed by atoms with E-state index >= 15 is 0 Å². The topological polar surface area (TPSA) is 38.3 Å². The summed E-state index contributed by atoms with van der Waals surface area (Å²) in [6, 6.07) is 0. The molecular formula is C15H27NO2. The number of hydrogen-bond donors (Lipinski definition) is 1. The summed E-state index contributed by atoms with van der Waals surface area (Å²) < 4.78 is 5.49. The van der Waals surface area contributed by atoms with Gasteiger partial charge in [-0.3, -0.25) is 4.79 Å². The third kappa shape index (κ3) is 4.97. The fourth-order valence-corrected chi connectivity index (χ4v) is 3.15. The summed E-state index contributed by atoms with van der Waals surface area (Å²) >= 11 is 0. The van der Waals surface area contributed by atoms with Crippen LogP contribution >= 0.6 is 0 Å². The molecule has 1 aliphatic heterocycles. The van der Waals surface area contributed by atoms with E-state index in [1.165, 1.54) is 38.5 Å². The molecule has 104 valence electrons. The molecule has 2 fully saturated rings. The molecule has 1 saturated carbocycles. The summed E-state index contributed by atoms with van der Waals surface area (Å²) in [7, 11) is 0. The predicted octanol–water partition coefficient (Wildman–Crippen LogP) is 3.03. The molecule has 3 nitrogen and oxygen atoms in total. The van der Waals surface area contributed by atoms with Gasteiger partial charge in [-0.15, -0.1) is 0 Å². The Balaban J connectivity index is 1.48. The highest BCUT2D eigenvalue weighted by molar-refractivity contribution is 5.75. The fourth-order valence-electron chi connectivity index (χ4n) is 3.15. The van der Waals surface area contributed by atoms with E-state index in [4.69, 9.17) is 4.74 Å². The van der Waals surface area contributed by atoms with Gasteiger partial charge >= 0.3 is 0 Å². The molecule has 2 rings (SSSR count). The summed E-state index contributed by atoms with van der Waals surface area (Å²) in [4.78, 5) is 11.7. The third-order valence-electron chi connectivity index (χ3n) is 4.29. The number of carbonyl (C=O) groups excluding carboxylic acids is 1. The van der Waals surface area contributed by atoms with Gasteiger partial charge in [0.25, 0.3) is 0 Å². The zero-order valence-corrected chi connectivity index (χ0v) is 11.5. The highest BCUT2D eigenvalue weighted by atomic mass is 16.5. The minimum atomic E-state index is 0.210. The molecule has 18 heavy (non-hydrogen) atoms. The summed E-state index contributed by atoms with van der Waals surface area (Å²) in [5, 5.41) is 3.00. The van der Waals surface area contributed by atoms with Crippen molar-refractivity contribution in [3.63, 3.8) is 0 Å². The van der Waals surface area contributed by atoms with Gasteiger partial charge in [0.05, 0.1) is 6.10 Å². The predicted molar refractivity (Wildman–Crippen MR) is 72.4 cm³/mol. The van der Waals surface area contributed by atoms with Crippen molar-refractivity contribution in [2.24, 2.45) is 5.92 Å². The Morgan fingerprint density at radius 1 is 1.11 bits per heavy atom. The highest BCUT2D eigenvalue weighted by Gasteiger charge is 2.16. The number of ether oxygens (including phenoxy) is 1. The van der Waals surface area contributed by atoms with Gasteiger partial charge in [-0.05, 0) is 31.6 Å². The molecule has 3 heteroatoms. The lowest BCUT2D eigenvalue weighted by atomic mass is 9.86. The maximum absolute atomic E-state index is 11.7. The van der Waals surface area contributed by atoms with Gasteiger partial charge in [0.1, 0.15) is 0 Å². The fraction of sp³-hybridized carbons (Fsp3) is 0.933. The molecule has 0 bridgehead atoms. The summed E-state index contributed by atoms with van der Waals surface area (Å²) in [6.45, 7) is 1.57. The van der Waals surface area contributed by atoms with Crippen LogP contribution < -0.4 is 5.32 Å². The Morgan fingerprint density at radius 3 is 2.67 bits per heavy atom. The first-order valence-electron chi connectivity index (χ1n) is 7.73. The lowest BCUT2D eigenvalue weighted by molar-refractivity contribution is -0.121. The number of carbonyl (C=O) groups is 1. The second-order valence-electron chi connectivity index (χ2n) is 5.84. The zero-order valence-electron chi connectivity index (χ0n) is 11.5. The van der Waals surface area contributed by atoms with E-state index in [0.29, 0.717) is 13.0 Å². The Bertz CT molecular complexity index is 243. The Labute approximate surface area is 111 Å². The standard InChI is InChI=1S/C15H27NO2/c17-15(16-12-14-9-5-11-18-14)10-4-8-13-6-2-1-3-7-13/h13-14H,1-12H2,(H,16,17)/t14-/m0/s1. The van der Waals surface area contributed by atoms with Gasteiger partial charge in [-0.25, -0.2) is 0 Å². The minimum Gasteiger partial charge on any atom is -0.376 e. The molecule has 1 amide bonds. The van der Waals surface area contributed by atoms with Gasteiger partial charge in [-0.1, -0.05) is 32.1 Å². The average Bonchev–Trinajstić information content (AvgIpc) is 2.91. The largest absolute Gasteiger partial charge is 0.376 e. The van der Waals surface area contributed by atoms with Crippen LogP contribution in [0.15, 0.2) is 0 Å². The summed E-state index contributed by atoms with van der Waals surface area (Å²) in [6.07, 6.45) is 12.5. The van der Waals surface area contributed by atoms with Crippen molar-refractivity contribution >= 4 is 5.91 Å². The second-order valence-corrected chi connectivity index (χ2v) is 5.84. The van der Waals surface area contributed by atoms with E-state index in [1.807, 2.05) is 0 Å². The van der Waals surface area contributed by atoms with Crippen LogP contribution in [0.4, 0.5) is 0 Å². The molecule has 0 aromatic heterocycles. The van der Waals surface area contributed by atoms with E-state index in [0.717, 1.165) is 31.8 Å². The SMILES string of the molecule is O=C(CCCC1CCCCC1)NC[C@@H]1CCCO1. The van der Waals surface area contributed by atoms with Crippen molar-refractivity contribution in [1.82, 2.24) is 5.32 Å². The van der Waals surface area contributed by atoms with Crippen molar-refractivity contribution in [3.8, 4) is 0 Å². The van der Waals surface area contributed by atoms with Crippen molar-refractivity contribution in [1.29, 1.82) is 0 Å². The molecule has 1 N–H and O–H groups in total. The Morgan fingerprint density at radius 2 is 1.94 bits per heavy atom. The van der Waals surface area contributed by atoms with E-state index in [9.17, 15) is 4.79 Å². The summed E-state index contributed by atoms with van der Waals surface area (Å²) in [5.74, 6) is 1.10. The minimum absolute atomic E-state index is 0.210. The molecule has 1 aliphatic carbocycles. The molecule has 1 atom stereocenters. The zero-order chi connectivity index (χ0) is 12.6. The molecule has 1 saturated heterocycles. The van der Waals surface area contributed by atoms with Crippen LogP contribution in [-0.2, 0) is 9.53 Å².